The molecule has 0 fully saturated rings. The number of allylic oxidation sites excluding steroid dienone is 1. The second-order valence-corrected chi connectivity index (χ2v) is 2.43. The van der Waals surface area contributed by atoms with Crippen molar-refractivity contribution in [2.45, 2.75) is 19.9 Å². The fourth-order valence-corrected chi connectivity index (χ4v) is 0.805. The lowest BCUT2D eigenvalue weighted by molar-refractivity contribution is -0.0557. The van der Waals surface area contributed by atoms with Gasteiger partial charge in [0.2, 0.25) is 0 Å². The summed E-state index contributed by atoms with van der Waals surface area (Å²) in [6.07, 6.45) is 1.51. The lowest BCUT2D eigenvalue weighted by atomic mass is 10.2. The molecule has 1 unspecified atom stereocenters. The molecule has 55 valence electrons. The molecule has 3 nitrogen and oxygen atoms in total. The van der Waals surface area contributed by atoms with Gasteiger partial charge in [0.1, 0.15) is 0 Å². The van der Waals surface area contributed by atoms with Gasteiger partial charge in [0.15, 0.2) is 0 Å². The first-order valence-electron chi connectivity index (χ1n) is 3.17. The zero-order chi connectivity index (χ0) is 7.72. The molecule has 0 aromatic carbocycles. The van der Waals surface area contributed by atoms with Crippen LogP contribution in [0.5, 0.6) is 0 Å². The van der Waals surface area contributed by atoms with Crippen molar-refractivity contribution in [2.75, 3.05) is 0 Å². The number of hydrogen-bond donors (Lipinski definition) is 1. The Morgan fingerprint density at radius 3 is 2.90 bits per heavy atom. The summed E-state index contributed by atoms with van der Waals surface area (Å²) < 4.78 is 0. The first kappa shape index (κ1) is 7.28. The SMILES string of the molecule is [CH2]C1=CN(O)C(C)C(C)=N1. The minimum atomic E-state index is -0.0227. The Morgan fingerprint density at radius 1 is 1.80 bits per heavy atom. The van der Waals surface area contributed by atoms with E-state index >= 15 is 0 Å². The maximum absolute atomic E-state index is 9.15. The predicted molar refractivity (Wildman–Crippen MR) is 39.6 cm³/mol. The van der Waals surface area contributed by atoms with E-state index in [0.717, 1.165) is 10.8 Å². The third-order valence-electron chi connectivity index (χ3n) is 1.60. The Hall–Kier alpha value is -0.830. The van der Waals surface area contributed by atoms with Crippen molar-refractivity contribution in [2.24, 2.45) is 4.99 Å². The van der Waals surface area contributed by atoms with Gasteiger partial charge in [-0.1, -0.05) is 0 Å². The number of rotatable bonds is 0. The Bertz CT molecular complexity index is 196. The Kier molecular flexibility index (Phi) is 1.76. The molecular formula is C7H11N2O. The van der Waals surface area contributed by atoms with Gasteiger partial charge in [-0.2, -0.15) is 0 Å². The number of hydroxylamine groups is 2. The molecule has 1 N–H and O–H groups in total. The lowest BCUT2D eigenvalue weighted by Gasteiger charge is -2.24. The van der Waals surface area contributed by atoms with Gasteiger partial charge in [0, 0.05) is 11.9 Å². The molecule has 0 amide bonds. The van der Waals surface area contributed by atoms with Crippen LogP contribution in [0, 0.1) is 6.92 Å². The molecule has 1 rings (SSSR count). The Morgan fingerprint density at radius 2 is 2.40 bits per heavy atom. The average molecular weight is 139 g/mol. The highest BCUT2D eigenvalue weighted by atomic mass is 16.5. The molecule has 0 saturated heterocycles. The minimum Gasteiger partial charge on any atom is -0.288 e. The molecule has 1 aliphatic heterocycles. The summed E-state index contributed by atoms with van der Waals surface area (Å²) in [5.41, 5.74) is 1.48. The summed E-state index contributed by atoms with van der Waals surface area (Å²) in [5.74, 6) is 0. The highest BCUT2D eigenvalue weighted by Gasteiger charge is 2.15. The van der Waals surface area contributed by atoms with Crippen molar-refractivity contribution in [1.82, 2.24) is 5.06 Å². The van der Waals surface area contributed by atoms with Crippen LogP contribution < -0.4 is 0 Å². The monoisotopic (exact) mass is 139 g/mol. The second-order valence-electron chi connectivity index (χ2n) is 2.43. The van der Waals surface area contributed by atoms with E-state index in [1.165, 1.54) is 6.20 Å². The molecule has 1 aliphatic rings. The van der Waals surface area contributed by atoms with Crippen LogP contribution in [0.4, 0.5) is 0 Å². The van der Waals surface area contributed by atoms with Crippen LogP contribution in [0.25, 0.3) is 0 Å². The Balaban J connectivity index is 2.85. The van der Waals surface area contributed by atoms with E-state index in [4.69, 9.17) is 5.21 Å². The predicted octanol–water partition coefficient (Wildman–Crippen LogP) is 1.22. The van der Waals surface area contributed by atoms with Gasteiger partial charge in [0.25, 0.3) is 0 Å². The quantitative estimate of drug-likeness (QED) is 0.547. The maximum Gasteiger partial charge on any atom is 0.0907 e. The number of nitrogens with zero attached hydrogens (tertiary/aromatic N) is 2. The Labute approximate surface area is 60.6 Å². The summed E-state index contributed by atoms with van der Waals surface area (Å²) >= 11 is 0. The molecule has 1 radical (unpaired) electrons. The van der Waals surface area contributed by atoms with E-state index in [1.807, 2.05) is 13.8 Å². The van der Waals surface area contributed by atoms with Crippen molar-refractivity contribution in [3.63, 3.8) is 0 Å². The highest BCUT2D eigenvalue weighted by molar-refractivity contribution is 5.88. The molecule has 0 spiro atoms. The van der Waals surface area contributed by atoms with Gasteiger partial charge in [-0.15, -0.1) is 0 Å². The normalized spacial score (nSPS) is 26.0. The standard InChI is InChI=1S/C7H11N2O/c1-5-4-9(10)7(3)6(2)8-5/h4,7,10H,1H2,2-3H3. The molecular weight excluding hydrogens is 128 g/mol. The summed E-state index contributed by atoms with van der Waals surface area (Å²) in [4.78, 5) is 4.08. The van der Waals surface area contributed by atoms with Gasteiger partial charge in [0.05, 0.1) is 11.7 Å². The van der Waals surface area contributed by atoms with E-state index in [9.17, 15) is 0 Å². The van der Waals surface area contributed by atoms with Crippen LogP contribution in [0.1, 0.15) is 13.8 Å². The first-order chi connectivity index (χ1) is 4.61. The maximum atomic E-state index is 9.15. The average Bonchev–Trinajstić information content (AvgIpc) is 1.82. The lowest BCUT2D eigenvalue weighted by Crippen LogP contribution is -2.33. The summed E-state index contributed by atoms with van der Waals surface area (Å²) in [6, 6.07) is -0.0227. The van der Waals surface area contributed by atoms with Gasteiger partial charge in [-0.25, -0.2) is 0 Å². The molecule has 0 saturated carbocycles. The van der Waals surface area contributed by atoms with Crippen LogP contribution in [0.2, 0.25) is 0 Å². The molecule has 1 heterocycles. The van der Waals surface area contributed by atoms with Crippen molar-refractivity contribution in [3.05, 3.63) is 18.8 Å². The summed E-state index contributed by atoms with van der Waals surface area (Å²) in [7, 11) is 0. The minimum absolute atomic E-state index is 0.0227. The van der Waals surface area contributed by atoms with E-state index in [1.54, 1.807) is 0 Å². The van der Waals surface area contributed by atoms with Crippen LogP contribution >= 0.6 is 0 Å². The van der Waals surface area contributed by atoms with E-state index in [-0.39, 0.29) is 6.04 Å². The topological polar surface area (TPSA) is 35.8 Å². The van der Waals surface area contributed by atoms with Gasteiger partial charge < -0.3 is 0 Å². The molecule has 3 heteroatoms. The second kappa shape index (κ2) is 2.42. The van der Waals surface area contributed by atoms with Crippen LogP contribution in [-0.2, 0) is 0 Å². The molecule has 0 aliphatic carbocycles. The number of hydrogen-bond acceptors (Lipinski definition) is 3. The molecule has 10 heavy (non-hydrogen) atoms. The summed E-state index contributed by atoms with van der Waals surface area (Å²) in [6.45, 7) is 7.35. The van der Waals surface area contributed by atoms with Crippen molar-refractivity contribution < 1.29 is 5.21 Å². The van der Waals surface area contributed by atoms with E-state index in [0.29, 0.717) is 5.70 Å². The summed E-state index contributed by atoms with van der Waals surface area (Å²) in [5, 5.41) is 10.3. The van der Waals surface area contributed by atoms with Gasteiger partial charge >= 0.3 is 0 Å². The zero-order valence-corrected chi connectivity index (χ0v) is 6.20. The van der Waals surface area contributed by atoms with E-state index < -0.39 is 0 Å². The molecule has 1 atom stereocenters. The fraction of sp³-hybridized carbons (Fsp3) is 0.429. The molecule has 0 aromatic rings. The van der Waals surface area contributed by atoms with Crippen LogP contribution in [0.3, 0.4) is 0 Å². The van der Waals surface area contributed by atoms with Gasteiger partial charge in [-0.3, -0.25) is 15.3 Å². The fourth-order valence-electron chi connectivity index (χ4n) is 0.805. The third-order valence-corrected chi connectivity index (χ3v) is 1.60. The molecule has 0 aromatic heterocycles. The van der Waals surface area contributed by atoms with Crippen LogP contribution in [-0.4, -0.2) is 22.0 Å². The van der Waals surface area contributed by atoms with Crippen molar-refractivity contribution in [3.8, 4) is 0 Å². The zero-order valence-electron chi connectivity index (χ0n) is 6.20. The highest BCUT2D eigenvalue weighted by Crippen LogP contribution is 2.10. The largest absolute Gasteiger partial charge is 0.288 e. The van der Waals surface area contributed by atoms with Crippen molar-refractivity contribution >= 4 is 5.71 Å². The number of aliphatic imine (C=N–C) groups is 1. The smallest absolute Gasteiger partial charge is 0.0907 e. The molecule has 0 bridgehead atoms. The third kappa shape index (κ3) is 1.19. The van der Waals surface area contributed by atoms with E-state index in [2.05, 4.69) is 11.9 Å². The first-order valence-corrected chi connectivity index (χ1v) is 3.17. The van der Waals surface area contributed by atoms with Gasteiger partial charge in [-0.05, 0) is 20.8 Å². The van der Waals surface area contributed by atoms with Crippen molar-refractivity contribution in [1.29, 1.82) is 0 Å². The van der Waals surface area contributed by atoms with Crippen LogP contribution in [0.15, 0.2) is 16.9 Å².